The number of carbonyl (C=O) groups is 1. The summed E-state index contributed by atoms with van der Waals surface area (Å²) >= 11 is 1.53. The minimum Gasteiger partial charge on any atom is -0.351 e. The summed E-state index contributed by atoms with van der Waals surface area (Å²) in [6.45, 7) is 4.38. The maximum atomic E-state index is 11.8. The molecule has 106 valence electrons. The molecule has 0 unspecified atom stereocenters. The second-order valence-electron chi connectivity index (χ2n) is 4.56. The number of hydrogen-bond acceptors (Lipinski definition) is 4. The van der Waals surface area contributed by atoms with Gasteiger partial charge < -0.3 is 10.6 Å². The summed E-state index contributed by atoms with van der Waals surface area (Å²) in [7, 11) is 0. The molecule has 2 heterocycles. The smallest absolute Gasteiger partial charge is 0.261 e. The van der Waals surface area contributed by atoms with Crippen LogP contribution in [0.4, 0.5) is 0 Å². The second-order valence-corrected chi connectivity index (χ2v) is 5.85. The van der Waals surface area contributed by atoms with Gasteiger partial charge in [0, 0.05) is 30.4 Å². The Balaban J connectivity index is 1.57. The number of carbonyl (C=O) groups excluding carboxylic acids is 1. The summed E-state index contributed by atoms with van der Waals surface area (Å²) < 4.78 is 0. The maximum Gasteiger partial charge on any atom is 0.261 e. The average Bonchev–Trinajstić information content (AvgIpc) is 2.90. The van der Waals surface area contributed by atoms with E-state index in [1.165, 1.54) is 16.9 Å². The number of thiophene rings is 1. The lowest BCUT2D eigenvalue weighted by Crippen LogP contribution is -2.26. The Labute approximate surface area is 123 Å². The van der Waals surface area contributed by atoms with Gasteiger partial charge in [-0.1, -0.05) is 6.07 Å². The van der Waals surface area contributed by atoms with Gasteiger partial charge in [0.25, 0.3) is 5.91 Å². The topological polar surface area (TPSA) is 54.0 Å². The third-order valence-corrected chi connectivity index (χ3v) is 3.83. The number of pyridine rings is 1. The molecule has 2 aromatic heterocycles. The molecule has 0 aliphatic rings. The molecular formula is C15H19N3OS. The number of rotatable bonds is 7. The maximum absolute atomic E-state index is 11.8. The number of nitrogens with one attached hydrogen (secondary N) is 2. The van der Waals surface area contributed by atoms with E-state index in [0.29, 0.717) is 6.54 Å². The summed E-state index contributed by atoms with van der Waals surface area (Å²) in [6.07, 6.45) is 4.54. The van der Waals surface area contributed by atoms with Crippen molar-refractivity contribution < 1.29 is 4.79 Å². The van der Waals surface area contributed by atoms with Crippen molar-refractivity contribution in [1.82, 2.24) is 15.6 Å². The number of amides is 1. The fourth-order valence-corrected chi connectivity index (χ4v) is 2.58. The summed E-state index contributed by atoms with van der Waals surface area (Å²) in [5.74, 6) is 0.0235. The predicted molar refractivity (Wildman–Crippen MR) is 81.9 cm³/mol. The van der Waals surface area contributed by atoms with Crippen LogP contribution in [0.25, 0.3) is 0 Å². The Morgan fingerprint density at radius 2 is 2.20 bits per heavy atom. The molecule has 2 N–H and O–H groups in total. The van der Waals surface area contributed by atoms with E-state index in [9.17, 15) is 4.79 Å². The molecule has 2 rings (SSSR count). The quantitative estimate of drug-likeness (QED) is 0.769. The molecule has 2 aromatic rings. The summed E-state index contributed by atoms with van der Waals surface area (Å²) in [5.41, 5.74) is 1.17. The Morgan fingerprint density at radius 1 is 1.30 bits per heavy atom. The normalized spacial score (nSPS) is 10.4. The Morgan fingerprint density at radius 3 is 2.90 bits per heavy atom. The fraction of sp³-hybridized carbons (Fsp3) is 0.333. The Hall–Kier alpha value is -1.72. The molecule has 4 nitrogen and oxygen atoms in total. The van der Waals surface area contributed by atoms with Gasteiger partial charge in [0.15, 0.2) is 0 Å². The van der Waals surface area contributed by atoms with Gasteiger partial charge in [0.1, 0.15) is 0 Å². The highest BCUT2D eigenvalue weighted by Gasteiger charge is 2.06. The van der Waals surface area contributed by atoms with E-state index in [2.05, 4.69) is 15.6 Å². The van der Waals surface area contributed by atoms with Crippen LogP contribution >= 0.6 is 11.3 Å². The third kappa shape index (κ3) is 4.75. The molecular weight excluding hydrogens is 270 g/mol. The molecule has 0 aliphatic carbocycles. The Bertz CT molecular complexity index is 539. The monoisotopic (exact) mass is 289 g/mol. The fourth-order valence-electron chi connectivity index (χ4n) is 1.79. The zero-order valence-electron chi connectivity index (χ0n) is 11.6. The van der Waals surface area contributed by atoms with Gasteiger partial charge in [0.05, 0.1) is 4.88 Å². The van der Waals surface area contributed by atoms with Crippen molar-refractivity contribution in [3.63, 3.8) is 0 Å². The van der Waals surface area contributed by atoms with Crippen molar-refractivity contribution in [2.24, 2.45) is 0 Å². The largest absolute Gasteiger partial charge is 0.351 e. The SMILES string of the molecule is Cc1ccc(C(=O)NCCCNCc2cccnc2)s1. The molecule has 0 saturated carbocycles. The minimum absolute atomic E-state index is 0.0235. The standard InChI is InChI=1S/C15H19N3OS/c1-12-5-6-14(20-12)15(19)18-9-3-8-17-11-13-4-2-7-16-10-13/h2,4-7,10,17H,3,8-9,11H2,1H3,(H,18,19). The summed E-state index contributed by atoms with van der Waals surface area (Å²) in [6, 6.07) is 7.81. The zero-order valence-corrected chi connectivity index (χ0v) is 12.4. The van der Waals surface area contributed by atoms with Crippen LogP contribution in [0.1, 0.15) is 26.5 Å². The molecule has 0 aromatic carbocycles. The van der Waals surface area contributed by atoms with E-state index in [1.54, 1.807) is 6.20 Å². The van der Waals surface area contributed by atoms with E-state index in [1.807, 2.05) is 37.4 Å². The molecule has 0 atom stereocenters. The van der Waals surface area contributed by atoms with Crippen LogP contribution in [0, 0.1) is 6.92 Å². The minimum atomic E-state index is 0.0235. The van der Waals surface area contributed by atoms with Gasteiger partial charge in [-0.3, -0.25) is 9.78 Å². The van der Waals surface area contributed by atoms with Crippen molar-refractivity contribution in [3.05, 3.63) is 52.0 Å². The molecule has 5 heteroatoms. The first-order valence-corrected chi connectivity index (χ1v) is 7.51. The first kappa shape index (κ1) is 14.7. The van der Waals surface area contributed by atoms with Crippen LogP contribution in [0.2, 0.25) is 0 Å². The first-order valence-electron chi connectivity index (χ1n) is 6.70. The van der Waals surface area contributed by atoms with Crippen LogP contribution in [0.5, 0.6) is 0 Å². The van der Waals surface area contributed by atoms with Gasteiger partial charge in [0.2, 0.25) is 0 Å². The van der Waals surface area contributed by atoms with E-state index < -0.39 is 0 Å². The summed E-state index contributed by atoms with van der Waals surface area (Å²) in [4.78, 5) is 17.8. The average molecular weight is 289 g/mol. The van der Waals surface area contributed by atoms with E-state index in [4.69, 9.17) is 0 Å². The van der Waals surface area contributed by atoms with Crippen LogP contribution in [0.15, 0.2) is 36.7 Å². The van der Waals surface area contributed by atoms with Crippen molar-refractivity contribution in [2.75, 3.05) is 13.1 Å². The van der Waals surface area contributed by atoms with Gasteiger partial charge in [-0.2, -0.15) is 0 Å². The zero-order chi connectivity index (χ0) is 14.2. The molecule has 1 amide bonds. The molecule has 0 spiro atoms. The van der Waals surface area contributed by atoms with Crippen LogP contribution in [0.3, 0.4) is 0 Å². The molecule has 0 fully saturated rings. The highest BCUT2D eigenvalue weighted by molar-refractivity contribution is 7.13. The van der Waals surface area contributed by atoms with Crippen LogP contribution < -0.4 is 10.6 Å². The molecule has 20 heavy (non-hydrogen) atoms. The van der Waals surface area contributed by atoms with E-state index in [0.717, 1.165) is 29.3 Å². The van der Waals surface area contributed by atoms with Crippen LogP contribution in [-0.2, 0) is 6.54 Å². The Kier molecular flexibility index (Phi) is 5.70. The number of aryl methyl sites for hydroxylation is 1. The third-order valence-electron chi connectivity index (χ3n) is 2.83. The van der Waals surface area contributed by atoms with Crippen molar-refractivity contribution in [1.29, 1.82) is 0 Å². The van der Waals surface area contributed by atoms with Crippen molar-refractivity contribution in [2.45, 2.75) is 19.9 Å². The number of nitrogens with zero attached hydrogens (tertiary/aromatic N) is 1. The highest BCUT2D eigenvalue weighted by atomic mass is 32.1. The molecule has 0 radical (unpaired) electrons. The van der Waals surface area contributed by atoms with Crippen LogP contribution in [-0.4, -0.2) is 24.0 Å². The van der Waals surface area contributed by atoms with Gasteiger partial charge >= 0.3 is 0 Å². The lowest BCUT2D eigenvalue weighted by molar-refractivity contribution is 0.0957. The molecule has 0 saturated heterocycles. The molecule has 0 aliphatic heterocycles. The van der Waals surface area contributed by atoms with Crippen molar-refractivity contribution in [3.8, 4) is 0 Å². The van der Waals surface area contributed by atoms with Gasteiger partial charge in [-0.05, 0) is 43.7 Å². The van der Waals surface area contributed by atoms with Crippen molar-refractivity contribution >= 4 is 17.2 Å². The lowest BCUT2D eigenvalue weighted by atomic mass is 10.3. The highest BCUT2D eigenvalue weighted by Crippen LogP contribution is 2.14. The van der Waals surface area contributed by atoms with E-state index in [-0.39, 0.29) is 5.91 Å². The predicted octanol–water partition coefficient (Wildman–Crippen LogP) is 2.36. The van der Waals surface area contributed by atoms with Gasteiger partial charge in [-0.15, -0.1) is 11.3 Å². The van der Waals surface area contributed by atoms with E-state index >= 15 is 0 Å². The van der Waals surface area contributed by atoms with Gasteiger partial charge in [-0.25, -0.2) is 0 Å². The molecule has 0 bridgehead atoms. The first-order chi connectivity index (χ1) is 9.75. The number of hydrogen-bond donors (Lipinski definition) is 2. The summed E-state index contributed by atoms with van der Waals surface area (Å²) in [5, 5.41) is 6.26. The lowest BCUT2D eigenvalue weighted by Gasteiger charge is -2.05. The second kappa shape index (κ2) is 7.77. The number of aromatic nitrogens is 1.